The van der Waals surface area contributed by atoms with Crippen molar-refractivity contribution in [1.82, 2.24) is 15.1 Å². The SMILES string of the molecule is O=C(Cc1ccccc1F)Nc1ccn([C@H]2CCNC2)n1. The summed E-state index contributed by atoms with van der Waals surface area (Å²) >= 11 is 0. The van der Waals surface area contributed by atoms with E-state index in [1.165, 1.54) is 6.07 Å². The number of aromatic nitrogens is 2. The second-order valence-electron chi connectivity index (χ2n) is 5.14. The smallest absolute Gasteiger partial charge is 0.230 e. The molecule has 0 spiro atoms. The fourth-order valence-corrected chi connectivity index (χ4v) is 2.48. The zero-order valence-electron chi connectivity index (χ0n) is 11.6. The van der Waals surface area contributed by atoms with Crippen molar-refractivity contribution in [3.05, 3.63) is 47.9 Å². The van der Waals surface area contributed by atoms with Gasteiger partial charge in [-0.3, -0.25) is 9.48 Å². The third-order valence-corrected chi connectivity index (χ3v) is 3.59. The van der Waals surface area contributed by atoms with E-state index in [9.17, 15) is 9.18 Å². The first-order valence-electron chi connectivity index (χ1n) is 7.01. The van der Waals surface area contributed by atoms with Crippen LogP contribution in [0.2, 0.25) is 0 Å². The van der Waals surface area contributed by atoms with Gasteiger partial charge in [0.15, 0.2) is 5.82 Å². The molecule has 1 aromatic carbocycles. The molecule has 0 radical (unpaired) electrons. The van der Waals surface area contributed by atoms with Gasteiger partial charge < -0.3 is 10.6 Å². The molecule has 2 heterocycles. The summed E-state index contributed by atoms with van der Waals surface area (Å²) in [6.45, 7) is 1.88. The van der Waals surface area contributed by atoms with Crippen LogP contribution in [0.1, 0.15) is 18.0 Å². The number of nitrogens with one attached hydrogen (secondary N) is 2. The summed E-state index contributed by atoms with van der Waals surface area (Å²) in [5, 5.41) is 10.3. The molecule has 1 fully saturated rings. The number of rotatable bonds is 4. The van der Waals surface area contributed by atoms with Crippen molar-refractivity contribution in [3.8, 4) is 0 Å². The maximum Gasteiger partial charge on any atom is 0.230 e. The van der Waals surface area contributed by atoms with Crippen LogP contribution in [-0.2, 0) is 11.2 Å². The van der Waals surface area contributed by atoms with E-state index in [4.69, 9.17) is 0 Å². The van der Waals surface area contributed by atoms with Crippen LogP contribution in [0.3, 0.4) is 0 Å². The molecule has 110 valence electrons. The number of anilines is 1. The lowest BCUT2D eigenvalue weighted by atomic mass is 10.1. The first-order chi connectivity index (χ1) is 10.2. The van der Waals surface area contributed by atoms with Gasteiger partial charge in [-0.05, 0) is 24.6 Å². The summed E-state index contributed by atoms with van der Waals surface area (Å²) in [5.41, 5.74) is 0.384. The number of halogens is 1. The van der Waals surface area contributed by atoms with E-state index < -0.39 is 0 Å². The number of carbonyl (C=O) groups is 1. The molecule has 2 aromatic rings. The van der Waals surface area contributed by atoms with E-state index in [-0.39, 0.29) is 18.1 Å². The average molecular weight is 288 g/mol. The van der Waals surface area contributed by atoms with Crippen molar-refractivity contribution in [2.24, 2.45) is 0 Å². The van der Waals surface area contributed by atoms with E-state index in [0.29, 0.717) is 17.4 Å². The summed E-state index contributed by atoms with van der Waals surface area (Å²) in [6, 6.07) is 8.38. The molecular weight excluding hydrogens is 271 g/mol. The van der Waals surface area contributed by atoms with Crippen LogP contribution in [-0.4, -0.2) is 28.8 Å². The normalized spacial score (nSPS) is 17.9. The molecule has 1 amide bonds. The van der Waals surface area contributed by atoms with Gasteiger partial charge in [0.05, 0.1) is 12.5 Å². The maximum atomic E-state index is 13.5. The lowest BCUT2D eigenvalue weighted by molar-refractivity contribution is -0.115. The minimum Gasteiger partial charge on any atom is -0.315 e. The van der Waals surface area contributed by atoms with Gasteiger partial charge in [-0.25, -0.2) is 4.39 Å². The Kier molecular flexibility index (Phi) is 3.96. The fraction of sp³-hybridized carbons (Fsp3) is 0.333. The third kappa shape index (κ3) is 3.28. The first-order valence-corrected chi connectivity index (χ1v) is 7.01. The molecule has 0 unspecified atom stereocenters. The highest BCUT2D eigenvalue weighted by molar-refractivity contribution is 5.91. The van der Waals surface area contributed by atoms with Crippen LogP contribution in [0, 0.1) is 5.82 Å². The van der Waals surface area contributed by atoms with Gasteiger partial charge in [-0.1, -0.05) is 18.2 Å². The molecule has 0 saturated carbocycles. The summed E-state index contributed by atoms with van der Waals surface area (Å²) in [6.07, 6.45) is 2.89. The van der Waals surface area contributed by atoms with Gasteiger partial charge in [0.1, 0.15) is 5.82 Å². The topological polar surface area (TPSA) is 59.0 Å². The fourth-order valence-electron chi connectivity index (χ4n) is 2.48. The zero-order valence-corrected chi connectivity index (χ0v) is 11.6. The number of amides is 1. The van der Waals surface area contributed by atoms with Crippen LogP contribution in [0.15, 0.2) is 36.5 Å². The molecule has 5 nitrogen and oxygen atoms in total. The van der Waals surface area contributed by atoms with Crippen LogP contribution >= 0.6 is 0 Å². The first kappa shape index (κ1) is 13.8. The monoisotopic (exact) mass is 288 g/mol. The van der Waals surface area contributed by atoms with E-state index in [2.05, 4.69) is 15.7 Å². The molecule has 2 N–H and O–H groups in total. The average Bonchev–Trinajstić information content (AvgIpc) is 3.12. The molecule has 1 aromatic heterocycles. The Morgan fingerprint density at radius 3 is 3.05 bits per heavy atom. The summed E-state index contributed by atoms with van der Waals surface area (Å²) in [5.74, 6) is -0.131. The molecule has 1 aliphatic rings. The summed E-state index contributed by atoms with van der Waals surface area (Å²) in [7, 11) is 0. The lowest BCUT2D eigenvalue weighted by Gasteiger charge is -2.08. The summed E-state index contributed by atoms with van der Waals surface area (Å²) < 4.78 is 15.4. The molecule has 1 aliphatic heterocycles. The van der Waals surface area contributed by atoms with E-state index in [1.807, 2.05) is 10.9 Å². The number of benzene rings is 1. The zero-order chi connectivity index (χ0) is 14.7. The predicted octanol–water partition coefficient (Wildman–Crippen LogP) is 1.74. The third-order valence-electron chi connectivity index (χ3n) is 3.59. The van der Waals surface area contributed by atoms with Crippen molar-refractivity contribution in [1.29, 1.82) is 0 Å². The Labute approximate surface area is 122 Å². The summed E-state index contributed by atoms with van der Waals surface area (Å²) in [4.78, 5) is 11.9. The highest BCUT2D eigenvalue weighted by atomic mass is 19.1. The van der Waals surface area contributed by atoms with E-state index >= 15 is 0 Å². The van der Waals surface area contributed by atoms with Gasteiger partial charge >= 0.3 is 0 Å². The number of hydrogen-bond donors (Lipinski definition) is 2. The molecule has 0 aliphatic carbocycles. The Hall–Kier alpha value is -2.21. The Bertz CT molecular complexity index is 634. The van der Waals surface area contributed by atoms with Crippen molar-refractivity contribution < 1.29 is 9.18 Å². The Balaban J connectivity index is 1.61. The largest absolute Gasteiger partial charge is 0.315 e. The van der Waals surface area contributed by atoms with E-state index in [0.717, 1.165) is 19.5 Å². The number of hydrogen-bond acceptors (Lipinski definition) is 3. The van der Waals surface area contributed by atoms with Gasteiger partial charge in [-0.2, -0.15) is 5.10 Å². The minimum absolute atomic E-state index is 0.00448. The molecule has 1 atom stereocenters. The molecule has 1 saturated heterocycles. The Morgan fingerprint density at radius 1 is 1.43 bits per heavy atom. The van der Waals surface area contributed by atoms with Gasteiger partial charge in [0.2, 0.25) is 5.91 Å². The van der Waals surface area contributed by atoms with Gasteiger partial charge in [0.25, 0.3) is 0 Å². The molecular formula is C15H17FN4O. The minimum atomic E-state index is -0.366. The van der Waals surface area contributed by atoms with Crippen molar-refractivity contribution >= 4 is 11.7 Å². The standard InChI is InChI=1S/C15H17FN4O/c16-13-4-2-1-3-11(13)9-15(21)18-14-6-8-20(19-14)12-5-7-17-10-12/h1-4,6,8,12,17H,5,7,9-10H2,(H,18,19,21)/t12-/m0/s1. The van der Waals surface area contributed by atoms with Crippen LogP contribution in [0.4, 0.5) is 10.2 Å². The van der Waals surface area contributed by atoms with Crippen LogP contribution < -0.4 is 10.6 Å². The van der Waals surface area contributed by atoms with Crippen LogP contribution in [0.5, 0.6) is 0 Å². The van der Waals surface area contributed by atoms with Crippen LogP contribution in [0.25, 0.3) is 0 Å². The molecule has 21 heavy (non-hydrogen) atoms. The molecule has 0 bridgehead atoms. The van der Waals surface area contributed by atoms with Gasteiger partial charge in [-0.15, -0.1) is 0 Å². The number of carbonyl (C=O) groups excluding carboxylic acids is 1. The second kappa shape index (κ2) is 6.05. The highest BCUT2D eigenvalue weighted by Gasteiger charge is 2.17. The van der Waals surface area contributed by atoms with Gasteiger partial charge in [0, 0.05) is 18.8 Å². The highest BCUT2D eigenvalue weighted by Crippen LogP contribution is 2.16. The van der Waals surface area contributed by atoms with Crippen molar-refractivity contribution in [2.45, 2.75) is 18.9 Å². The number of nitrogens with zero attached hydrogens (tertiary/aromatic N) is 2. The van der Waals surface area contributed by atoms with E-state index in [1.54, 1.807) is 24.3 Å². The van der Waals surface area contributed by atoms with Crippen molar-refractivity contribution in [2.75, 3.05) is 18.4 Å². The van der Waals surface area contributed by atoms with Crippen molar-refractivity contribution in [3.63, 3.8) is 0 Å². The predicted molar refractivity (Wildman–Crippen MR) is 77.5 cm³/mol. The molecule has 3 rings (SSSR count). The second-order valence-corrected chi connectivity index (χ2v) is 5.14. The maximum absolute atomic E-state index is 13.5. The Morgan fingerprint density at radius 2 is 2.29 bits per heavy atom. The lowest BCUT2D eigenvalue weighted by Crippen LogP contribution is -2.17. The quantitative estimate of drug-likeness (QED) is 0.901. The molecule has 6 heteroatoms.